The molecular weight excluding hydrogens is 316 g/mol. The topological polar surface area (TPSA) is 162 Å². The van der Waals surface area contributed by atoms with Crippen molar-refractivity contribution in [3.05, 3.63) is 59.2 Å². The maximum Gasteiger partial charge on any atom is 0.270 e. The van der Waals surface area contributed by atoms with Gasteiger partial charge in [0.2, 0.25) is 0 Å². The molecule has 0 radical (unpaired) electrons. The van der Waals surface area contributed by atoms with E-state index < -0.39 is 0 Å². The third-order valence-electron chi connectivity index (χ3n) is 4.13. The van der Waals surface area contributed by atoms with Crippen LogP contribution in [-0.4, -0.2) is 26.6 Å². The van der Waals surface area contributed by atoms with Gasteiger partial charge in [0.05, 0.1) is 22.2 Å². The molecule has 4 rings (SSSR count). The van der Waals surface area contributed by atoms with Crippen LogP contribution in [0.1, 0.15) is 22.8 Å². The van der Waals surface area contributed by atoms with Crippen molar-refractivity contribution in [3.8, 4) is 0 Å². The summed E-state index contributed by atoms with van der Waals surface area (Å²) < 4.78 is 0. The van der Waals surface area contributed by atoms with Gasteiger partial charge in [-0.15, -0.1) is 0 Å². The van der Waals surface area contributed by atoms with Crippen LogP contribution in [0.2, 0.25) is 0 Å². The third kappa shape index (κ3) is 2.69. The van der Waals surface area contributed by atoms with Crippen LogP contribution < -0.4 is 27.3 Å². The summed E-state index contributed by atoms with van der Waals surface area (Å²) in [7, 11) is 0. The van der Waals surface area contributed by atoms with Gasteiger partial charge in [0.15, 0.2) is 11.0 Å². The van der Waals surface area contributed by atoms with Crippen LogP contribution in [0, 0.1) is 0 Å². The number of fused-ring (bicyclic) bond motifs is 2. The molecule has 0 fully saturated rings. The highest BCUT2D eigenvalue weighted by Gasteiger charge is 2.15. The first-order valence-corrected chi connectivity index (χ1v) is 7.79. The summed E-state index contributed by atoms with van der Waals surface area (Å²) in [5.41, 5.74) is 16.5. The van der Waals surface area contributed by atoms with E-state index in [4.69, 9.17) is 22.3 Å². The normalized spacial score (nSPS) is 11.2. The van der Waals surface area contributed by atoms with Gasteiger partial charge in [-0.05, 0) is 30.3 Å². The van der Waals surface area contributed by atoms with E-state index in [9.17, 15) is 0 Å². The van der Waals surface area contributed by atoms with E-state index in [0.717, 1.165) is 44.8 Å². The zero-order valence-electron chi connectivity index (χ0n) is 13.4. The minimum atomic E-state index is 0.286. The largest absolute Gasteiger partial charge is 0.341 e. The highest BCUT2D eigenvalue weighted by Crippen LogP contribution is 2.16. The number of nitrogens with two attached hydrogens (primary N) is 4. The Morgan fingerprint density at radius 2 is 1.64 bits per heavy atom. The molecule has 0 aliphatic carbocycles. The van der Waals surface area contributed by atoms with Crippen LogP contribution in [0.5, 0.6) is 0 Å². The lowest BCUT2D eigenvalue weighted by Crippen LogP contribution is -2.46. The van der Waals surface area contributed by atoms with Crippen LogP contribution in [0.4, 0.5) is 0 Å². The number of benzene rings is 2. The Labute approximate surface area is 142 Å². The van der Waals surface area contributed by atoms with Gasteiger partial charge < -0.3 is 4.98 Å². The monoisotopic (exact) mass is 335 g/mol. The van der Waals surface area contributed by atoms with E-state index in [0.29, 0.717) is 12.3 Å². The van der Waals surface area contributed by atoms with Gasteiger partial charge in [-0.2, -0.15) is 0 Å². The Bertz CT molecular complexity index is 1040. The molecule has 8 heteroatoms. The molecular formula is C17H19N8+3. The van der Waals surface area contributed by atoms with Gasteiger partial charge in [0.1, 0.15) is 12.2 Å². The van der Waals surface area contributed by atoms with Crippen molar-refractivity contribution in [1.82, 2.24) is 15.0 Å². The molecule has 25 heavy (non-hydrogen) atoms. The van der Waals surface area contributed by atoms with E-state index in [1.165, 1.54) is 0 Å². The number of hydrogen-bond donors (Lipinski definition) is 6. The number of hydrogen-bond acceptors (Lipinski definition) is 1. The molecule has 0 saturated carbocycles. The van der Waals surface area contributed by atoms with Crippen molar-refractivity contribution in [1.29, 1.82) is 0 Å². The molecule has 0 amide bonds. The summed E-state index contributed by atoms with van der Waals surface area (Å²) >= 11 is 0. The molecule has 2 aromatic carbocycles. The second-order valence-corrected chi connectivity index (χ2v) is 5.99. The van der Waals surface area contributed by atoms with Crippen LogP contribution in [0.15, 0.2) is 36.4 Å². The average molecular weight is 335 g/mol. The molecule has 0 spiro atoms. The summed E-state index contributed by atoms with van der Waals surface area (Å²) in [5.74, 6) is 2.33. The molecule has 0 aliphatic heterocycles. The summed E-state index contributed by atoms with van der Waals surface area (Å²) in [6.07, 6.45) is 0.595. The Morgan fingerprint density at radius 1 is 0.960 bits per heavy atom. The maximum atomic E-state index is 5.65. The van der Waals surface area contributed by atoms with Crippen molar-refractivity contribution < 1.29 is 15.8 Å². The molecule has 0 saturated heterocycles. The summed E-state index contributed by atoms with van der Waals surface area (Å²) in [5, 5.41) is 11.3. The third-order valence-corrected chi connectivity index (χ3v) is 4.13. The van der Waals surface area contributed by atoms with Crippen molar-refractivity contribution in [2.24, 2.45) is 11.5 Å². The maximum absolute atomic E-state index is 5.65. The number of H-pyrrole nitrogens is 3. The number of aromatic amines is 3. The lowest BCUT2D eigenvalue weighted by molar-refractivity contribution is -0.356. The summed E-state index contributed by atoms with van der Waals surface area (Å²) in [6, 6.07) is 11.4. The van der Waals surface area contributed by atoms with Gasteiger partial charge in [0, 0.05) is 6.07 Å². The molecule has 11 N–H and O–H groups in total. The van der Waals surface area contributed by atoms with Crippen LogP contribution >= 0.6 is 0 Å². The van der Waals surface area contributed by atoms with Crippen molar-refractivity contribution in [3.63, 3.8) is 0 Å². The van der Waals surface area contributed by atoms with Crippen LogP contribution in [-0.2, 0) is 6.42 Å². The van der Waals surface area contributed by atoms with Gasteiger partial charge in [-0.3, -0.25) is 22.3 Å². The van der Waals surface area contributed by atoms with Crippen molar-refractivity contribution in [2.45, 2.75) is 6.42 Å². The standard InChI is InChI=1S/C17H16N8/c18-16(19)8-1-3-10-12(5-8)24-14(22-10)7-15-23-11-4-2-9(17(20)21)6-13(11)25-15/h1-6H,7H2,(H3,18,19)(H3,20,21)(H,22,24)(H,23,25)/p+3. The second-order valence-electron chi connectivity index (χ2n) is 5.99. The second kappa shape index (κ2) is 5.45. The quantitative estimate of drug-likeness (QED) is 0.178. The molecule has 0 aliphatic rings. The predicted octanol–water partition coefficient (Wildman–Crippen LogP) is -2.62. The Hall–Kier alpha value is -3.68. The van der Waals surface area contributed by atoms with Crippen molar-refractivity contribution in [2.75, 3.05) is 0 Å². The van der Waals surface area contributed by atoms with Crippen molar-refractivity contribution >= 4 is 33.7 Å². The molecule has 4 aromatic rings. The fraction of sp³-hybridized carbons (Fsp3) is 0.0588. The van der Waals surface area contributed by atoms with E-state index in [-0.39, 0.29) is 5.84 Å². The molecule has 0 unspecified atom stereocenters. The number of nitrogens with one attached hydrogen (secondary N) is 3. The van der Waals surface area contributed by atoms with Gasteiger partial charge in [0.25, 0.3) is 17.5 Å². The van der Waals surface area contributed by atoms with E-state index >= 15 is 0 Å². The highest BCUT2D eigenvalue weighted by atomic mass is 15.0. The highest BCUT2D eigenvalue weighted by molar-refractivity contribution is 5.96. The fourth-order valence-electron chi connectivity index (χ4n) is 2.87. The lowest BCUT2D eigenvalue weighted by Gasteiger charge is -1.92. The first kappa shape index (κ1) is 14.9. The fourth-order valence-corrected chi connectivity index (χ4v) is 2.87. The zero-order valence-corrected chi connectivity index (χ0v) is 13.4. The summed E-state index contributed by atoms with van der Waals surface area (Å²) in [6.45, 7) is 0. The minimum absolute atomic E-state index is 0.286. The number of amidine groups is 2. The van der Waals surface area contributed by atoms with Gasteiger partial charge in [-0.25, -0.2) is 15.0 Å². The Morgan fingerprint density at radius 3 is 2.36 bits per heavy atom. The van der Waals surface area contributed by atoms with E-state index in [1.54, 1.807) is 0 Å². The number of imidazole rings is 2. The molecule has 0 atom stereocenters. The van der Waals surface area contributed by atoms with Gasteiger partial charge in [-0.1, -0.05) is 0 Å². The van der Waals surface area contributed by atoms with Crippen LogP contribution in [0.25, 0.3) is 22.1 Å². The first-order chi connectivity index (χ1) is 12.0. The smallest absolute Gasteiger partial charge is 0.270 e. The molecule has 2 aromatic heterocycles. The number of nitrogens with zero attached hydrogens (tertiary/aromatic N) is 1. The minimum Gasteiger partial charge on any atom is -0.341 e. The molecule has 8 nitrogen and oxygen atoms in total. The first-order valence-electron chi connectivity index (χ1n) is 7.79. The predicted molar refractivity (Wildman–Crippen MR) is 94.2 cm³/mol. The number of rotatable bonds is 4. The Balaban J connectivity index is 1.67. The number of aromatic nitrogens is 4. The summed E-state index contributed by atoms with van der Waals surface area (Å²) in [4.78, 5) is 14.6. The van der Waals surface area contributed by atoms with E-state index in [1.807, 2.05) is 36.4 Å². The molecule has 0 bridgehead atoms. The lowest BCUT2D eigenvalue weighted by atomic mass is 10.2. The van der Waals surface area contributed by atoms with Gasteiger partial charge >= 0.3 is 0 Å². The Kier molecular flexibility index (Phi) is 3.24. The SMILES string of the molecule is NC(=[NH2+])c1ccc2nc(Cc3[nH]c4cc(C(N)=[NH2+])ccc4[nH+]3)[nH]c2c1. The molecule has 2 heterocycles. The average Bonchev–Trinajstić information content (AvgIpc) is 3.15. The van der Waals surface area contributed by atoms with E-state index in [2.05, 4.69) is 19.9 Å². The zero-order chi connectivity index (χ0) is 17.6. The van der Waals surface area contributed by atoms with Crippen LogP contribution in [0.3, 0.4) is 0 Å². The molecule has 124 valence electrons.